The van der Waals surface area contributed by atoms with Gasteiger partial charge in [0.15, 0.2) is 5.78 Å². The minimum absolute atomic E-state index is 0.0844. The fraction of sp³-hybridized carbons (Fsp3) is 0.857. The van der Waals surface area contributed by atoms with Gasteiger partial charge in [-0.05, 0) is 12.8 Å². The van der Waals surface area contributed by atoms with E-state index in [4.69, 9.17) is 10.2 Å². The molecule has 2 atom stereocenters. The Hall–Kier alpha value is -0.410. The monoisotopic (exact) mass is 146 g/mol. The first-order valence-corrected chi connectivity index (χ1v) is 3.33. The van der Waals surface area contributed by atoms with Gasteiger partial charge in [0.25, 0.3) is 0 Å². The SMILES string of the molecule is CC(=O)C(O)[C@@H](O)C(C)C. The van der Waals surface area contributed by atoms with Gasteiger partial charge in [-0.15, -0.1) is 0 Å². The summed E-state index contributed by atoms with van der Waals surface area (Å²) in [5.74, 6) is -0.472. The number of aliphatic hydroxyl groups excluding tert-OH is 2. The predicted molar refractivity (Wildman–Crippen MR) is 37.5 cm³/mol. The van der Waals surface area contributed by atoms with E-state index in [1.165, 1.54) is 6.92 Å². The van der Waals surface area contributed by atoms with Crippen molar-refractivity contribution in [1.82, 2.24) is 0 Å². The van der Waals surface area contributed by atoms with Gasteiger partial charge in [-0.1, -0.05) is 13.8 Å². The third-order valence-corrected chi connectivity index (χ3v) is 1.42. The first kappa shape index (κ1) is 9.59. The third kappa shape index (κ3) is 2.45. The van der Waals surface area contributed by atoms with Crippen LogP contribution in [0, 0.1) is 5.92 Å². The summed E-state index contributed by atoms with van der Waals surface area (Å²) in [6.45, 7) is 4.75. The molecule has 0 aliphatic rings. The number of hydrogen-bond acceptors (Lipinski definition) is 3. The molecule has 0 saturated carbocycles. The summed E-state index contributed by atoms with van der Waals surface area (Å²) in [6.07, 6.45) is -2.16. The number of ketones is 1. The highest BCUT2D eigenvalue weighted by Crippen LogP contribution is 2.06. The minimum Gasteiger partial charge on any atom is -0.390 e. The molecule has 10 heavy (non-hydrogen) atoms. The van der Waals surface area contributed by atoms with E-state index in [1.807, 2.05) is 0 Å². The lowest BCUT2D eigenvalue weighted by molar-refractivity contribution is -0.132. The van der Waals surface area contributed by atoms with Crippen molar-refractivity contribution in [3.8, 4) is 0 Å². The highest BCUT2D eigenvalue weighted by Gasteiger charge is 2.22. The second kappa shape index (κ2) is 3.68. The van der Waals surface area contributed by atoms with E-state index < -0.39 is 12.2 Å². The maximum Gasteiger partial charge on any atom is 0.160 e. The third-order valence-electron chi connectivity index (χ3n) is 1.42. The number of rotatable bonds is 3. The van der Waals surface area contributed by atoms with E-state index in [-0.39, 0.29) is 11.7 Å². The Bertz CT molecular complexity index is 120. The van der Waals surface area contributed by atoms with Crippen molar-refractivity contribution in [2.45, 2.75) is 33.0 Å². The largest absolute Gasteiger partial charge is 0.390 e. The van der Waals surface area contributed by atoms with Crippen LogP contribution in [0.25, 0.3) is 0 Å². The van der Waals surface area contributed by atoms with E-state index in [0.717, 1.165) is 0 Å². The molecule has 0 spiro atoms. The van der Waals surface area contributed by atoms with Crippen LogP contribution in [0.4, 0.5) is 0 Å². The lowest BCUT2D eigenvalue weighted by Crippen LogP contribution is -2.35. The molecule has 0 saturated heterocycles. The van der Waals surface area contributed by atoms with Gasteiger partial charge in [0.1, 0.15) is 6.10 Å². The lowest BCUT2D eigenvalue weighted by Gasteiger charge is -2.17. The first-order chi connectivity index (χ1) is 4.46. The molecule has 0 aliphatic carbocycles. The van der Waals surface area contributed by atoms with E-state index in [2.05, 4.69) is 0 Å². The van der Waals surface area contributed by atoms with Crippen LogP contribution in [0.5, 0.6) is 0 Å². The van der Waals surface area contributed by atoms with E-state index in [0.29, 0.717) is 0 Å². The van der Waals surface area contributed by atoms with Gasteiger partial charge in [-0.3, -0.25) is 4.79 Å². The number of carbonyl (C=O) groups excluding carboxylic acids is 1. The Morgan fingerprint density at radius 2 is 1.70 bits per heavy atom. The van der Waals surface area contributed by atoms with Crippen molar-refractivity contribution in [2.24, 2.45) is 5.92 Å². The van der Waals surface area contributed by atoms with Crippen LogP contribution < -0.4 is 0 Å². The van der Waals surface area contributed by atoms with Crippen molar-refractivity contribution in [1.29, 1.82) is 0 Å². The fourth-order valence-electron chi connectivity index (χ4n) is 0.605. The first-order valence-electron chi connectivity index (χ1n) is 3.33. The van der Waals surface area contributed by atoms with Gasteiger partial charge in [-0.25, -0.2) is 0 Å². The Morgan fingerprint density at radius 1 is 1.30 bits per heavy atom. The van der Waals surface area contributed by atoms with Crippen LogP contribution in [0.1, 0.15) is 20.8 Å². The molecule has 0 fully saturated rings. The zero-order chi connectivity index (χ0) is 8.31. The normalized spacial score (nSPS) is 17.0. The van der Waals surface area contributed by atoms with Crippen molar-refractivity contribution >= 4 is 5.78 Å². The van der Waals surface area contributed by atoms with Crippen LogP contribution in [0.15, 0.2) is 0 Å². The standard InChI is InChI=1S/C7H14O3/c1-4(2)6(9)7(10)5(3)8/h4,6-7,9-10H,1-3H3/t6-,7?/m0/s1. The summed E-state index contributed by atoms with van der Waals surface area (Å²) in [4.78, 5) is 10.5. The molecule has 0 heterocycles. The minimum atomic E-state index is -1.22. The molecule has 0 aliphatic heterocycles. The van der Waals surface area contributed by atoms with Gasteiger partial charge in [0, 0.05) is 0 Å². The highest BCUT2D eigenvalue weighted by molar-refractivity contribution is 5.80. The van der Waals surface area contributed by atoms with Crippen LogP contribution in [-0.2, 0) is 4.79 Å². The maximum atomic E-state index is 10.5. The molecule has 0 rings (SSSR count). The summed E-state index contributed by atoms with van der Waals surface area (Å²) < 4.78 is 0. The molecule has 1 unspecified atom stereocenters. The summed E-state index contributed by atoms with van der Waals surface area (Å²) in [5.41, 5.74) is 0. The predicted octanol–water partition coefficient (Wildman–Crippen LogP) is -0.0468. The molecular weight excluding hydrogens is 132 g/mol. The smallest absolute Gasteiger partial charge is 0.160 e. The van der Waals surface area contributed by atoms with Crippen molar-refractivity contribution in [3.05, 3.63) is 0 Å². The second-order valence-corrected chi connectivity index (χ2v) is 2.79. The van der Waals surface area contributed by atoms with Crippen molar-refractivity contribution in [3.63, 3.8) is 0 Å². The number of carbonyl (C=O) groups is 1. The molecule has 0 aromatic carbocycles. The number of aliphatic hydroxyl groups is 2. The molecule has 0 aromatic rings. The summed E-state index contributed by atoms with van der Waals surface area (Å²) in [6, 6.07) is 0. The molecule has 3 nitrogen and oxygen atoms in total. The Balaban J connectivity index is 3.94. The average Bonchev–Trinajstić information content (AvgIpc) is 1.84. The second-order valence-electron chi connectivity index (χ2n) is 2.79. The summed E-state index contributed by atoms with van der Waals surface area (Å²) in [7, 11) is 0. The van der Waals surface area contributed by atoms with E-state index in [9.17, 15) is 4.79 Å². The molecule has 0 aromatic heterocycles. The zero-order valence-electron chi connectivity index (χ0n) is 6.53. The zero-order valence-corrected chi connectivity index (χ0v) is 6.53. The van der Waals surface area contributed by atoms with E-state index in [1.54, 1.807) is 13.8 Å². The van der Waals surface area contributed by atoms with Gasteiger partial charge < -0.3 is 10.2 Å². The van der Waals surface area contributed by atoms with Crippen LogP contribution in [-0.4, -0.2) is 28.2 Å². The molecule has 3 heteroatoms. The van der Waals surface area contributed by atoms with Gasteiger partial charge in [-0.2, -0.15) is 0 Å². The Labute approximate surface area is 60.7 Å². The van der Waals surface area contributed by atoms with Crippen LogP contribution in [0.2, 0.25) is 0 Å². The molecular formula is C7H14O3. The highest BCUT2D eigenvalue weighted by atomic mass is 16.3. The molecule has 0 bridgehead atoms. The maximum absolute atomic E-state index is 10.5. The Morgan fingerprint density at radius 3 is 1.80 bits per heavy atom. The quantitative estimate of drug-likeness (QED) is 0.587. The van der Waals surface area contributed by atoms with Crippen LogP contribution in [0.3, 0.4) is 0 Å². The number of hydrogen-bond donors (Lipinski definition) is 2. The summed E-state index contributed by atoms with van der Waals surface area (Å²) >= 11 is 0. The van der Waals surface area contributed by atoms with E-state index >= 15 is 0 Å². The van der Waals surface area contributed by atoms with Gasteiger partial charge in [0.2, 0.25) is 0 Å². The molecule has 0 radical (unpaired) electrons. The van der Waals surface area contributed by atoms with Crippen LogP contribution >= 0.6 is 0 Å². The van der Waals surface area contributed by atoms with Crippen molar-refractivity contribution < 1.29 is 15.0 Å². The lowest BCUT2D eigenvalue weighted by atomic mass is 10.00. The average molecular weight is 146 g/mol. The van der Waals surface area contributed by atoms with Gasteiger partial charge in [0.05, 0.1) is 6.10 Å². The Kier molecular flexibility index (Phi) is 3.53. The number of Topliss-reactive ketones (excluding diaryl/α,β-unsaturated/α-hetero) is 1. The topological polar surface area (TPSA) is 57.5 Å². The molecule has 0 amide bonds. The fourth-order valence-corrected chi connectivity index (χ4v) is 0.605. The summed E-state index contributed by atoms with van der Waals surface area (Å²) in [5, 5.41) is 18.1. The molecule has 60 valence electrons. The van der Waals surface area contributed by atoms with Crippen molar-refractivity contribution in [2.75, 3.05) is 0 Å². The molecule has 2 N–H and O–H groups in total. The van der Waals surface area contributed by atoms with Gasteiger partial charge >= 0.3 is 0 Å².